The Morgan fingerprint density at radius 3 is 2.32 bits per heavy atom. The molecular formula is C26H19BrN2O2. The van der Waals surface area contributed by atoms with E-state index in [1.54, 1.807) is 12.1 Å². The summed E-state index contributed by atoms with van der Waals surface area (Å²) in [6.07, 6.45) is -0.248. The predicted molar refractivity (Wildman–Crippen MR) is 127 cm³/mol. The van der Waals surface area contributed by atoms with Gasteiger partial charge in [-0.15, -0.1) is 0 Å². The molecule has 0 bridgehead atoms. The zero-order valence-electron chi connectivity index (χ0n) is 16.5. The van der Waals surface area contributed by atoms with Gasteiger partial charge in [0.15, 0.2) is 6.23 Å². The molecule has 1 unspecified atom stereocenters. The van der Waals surface area contributed by atoms with E-state index < -0.39 is 0 Å². The van der Waals surface area contributed by atoms with Gasteiger partial charge in [-0.1, -0.05) is 76.6 Å². The highest BCUT2D eigenvalue weighted by molar-refractivity contribution is 9.10. The summed E-state index contributed by atoms with van der Waals surface area (Å²) in [6.45, 7) is 0. The van der Waals surface area contributed by atoms with Crippen molar-refractivity contribution in [1.82, 2.24) is 0 Å². The Morgan fingerprint density at radius 2 is 1.52 bits per heavy atom. The first-order valence-corrected chi connectivity index (χ1v) is 10.8. The van der Waals surface area contributed by atoms with Gasteiger partial charge in [0.25, 0.3) is 5.91 Å². The second kappa shape index (κ2) is 8.28. The summed E-state index contributed by atoms with van der Waals surface area (Å²) in [6, 6.07) is 31.1. The van der Waals surface area contributed by atoms with Crippen molar-refractivity contribution in [1.29, 1.82) is 0 Å². The Hall–Kier alpha value is -3.57. The number of ether oxygens (including phenoxy) is 1. The lowest BCUT2D eigenvalue weighted by Crippen LogP contribution is -2.12. The van der Waals surface area contributed by atoms with Gasteiger partial charge < -0.3 is 15.4 Å². The molecule has 4 aromatic carbocycles. The molecule has 5 rings (SSSR count). The van der Waals surface area contributed by atoms with Gasteiger partial charge in [-0.2, -0.15) is 0 Å². The van der Waals surface area contributed by atoms with Crippen molar-refractivity contribution in [3.8, 4) is 16.9 Å². The number of hydrogen-bond donors (Lipinski definition) is 2. The molecule has 1 amide bonds. The van der Waals surface area contributed by atoms with Crippen LogP contribution >= 0.6 is 15.9 Å². The number of fused-ring (bicyclic) bond motifs is 1. The lowest BCUT2D eigenvalue weighted by molar-refractivity contribution is 0.102. The second-order valence-electron chi connectivity index (χ2n) is 7.24. The number of hydrogen-bond acceptors (Lipinski definition) is 3. The first-order chi connectivity index (χ1) is 15.2. The lowest BCUT2D eigenvalue weighted by Gasteiger charge is -2.14. The quantitative estimate of drug-likeness (QED) is 0.342. The molecule has 0 aromatic heterocycles. The van der Waals surface area contributed by atoms with Crippen LogP contribution in [0.25, 0.3) is 11.1 Å². The highest BCUT2D eigenvalue weighted by Gasteiger charge is 2.26. The fraction of sp³-hybridized carbons (Fsp3) is 0.0385. The van der Waals surface area contributed by atoms with E-state index in [0.29, 0.717) is 5.56 Å². The molecule has 0 aliphatic carbocycles. The van der Waals surface area contributed by atoms with Gasteiger partial charge in [-0.3, -0.25) is 4.79 Å². The Labute approximate surface area is 189 Å². The molecule has 1 aliphatic heterocycles. The van der Waals surface area contributed by atoms with E-state index >= 15 is 0 Å². The molecule has 0 saturated heterocycles. The van der Waals surface area contributed by atoms with Crippen LogP contribution < -0.4 is 15.4 Å². The zero-order chi connectivity index (χ0) is 21.2. The monoisotopic (exact) mass is 470 g/mol. The molecule has 1 atom stereocenters. The van der Waals surface area contributed by atoms with E-state index in [1.165, 1.54) is 0 Å². The highest BCUT2D eigenvalue weighted by atomic mass is 79.9. The third-order valence-corrected chi connectivity index (χ3v) is 5.75. The first-order valence-electron chi connectivity index (χ1n) is 9.96. The van der Waals surface area contributed by atoms with Crippen molar-refractivity contribution in [2.45, 2.75) is 6.23 Å². The SMILES string of the molecule is O=C(Nc1ccccc1-c1cccc2c1NC(c1ccccc1)O2)c1ccc(Br)cc1. The van der Waals surface area contributed by atoms with Crippen LogP contribution in [0.4, 0.5) is 11.4 Å². The maximum Gasteiger partial charge on any atom is 0.255 e. The van der Waals surface area contributed by atoms with Gasteiger partial charge >= 0.3 is 0 Å². The number of carbonyl (C=O) groups is 1. The largest absolute Gasteiger partial charge is 0.464 e. The van der Waals surface area contributed by atoms with Gasteiger partial charge in [0.1, 0.15) is 5.75 Å². The van der Waals surface area contributed by atoms with E-state index in [9.17, 15) is 4.79 Å². The third kappa shape index (κ3) is 3.92. The molecule has 0 fully saturated rings. The number of nitrogens with one attached hydrogen (secondary N) is 2. The van der Waals surface area contributed by atoms with Crippen LogP contribution in [-0.4, -0.2) is 5.91 Å². The summed E-state index contributed by atoms with van der Waals surface area (Å²) in [4.78, 5) is 12.8. The molecule has 4 aromatic rings. The van der Waals surface area contributed by atoms with Crippen LogP contribution in [0, 0.1) is 0 Å². The van der Waals surface area contributed by atoms with Crippen molar-refractivity contribution in [2.24, 2.45) is 0 Å². The molecule has 0 spiro atoms. The molecule has 5 heteroatoms. The minimum absolute atomic E-state index is 0.154. The lowest BCUT2D eigenvalue weighted by atomic mass is 10.0. The minimum Gasteiger partial charge on any atom is -0.464 e. The van der Waals surface area contributed by atoms with Crippen LogP contribution in [0.1, 0.15) is 22.1 Å². The van der Waals surface area contributed by atoms with Crippen molar-refractivity contribution in [3.05, 3.63) is 113 Å². The minimum atomic E-state index is -0.248. The molecule has 0 saturated carbocycles. The Balaban J connectivity index is 1.47. The summed E-state index contributed by atoms with van der Waals surface area (Å²) in [5.74, 6) is 0.638. The first kappa shape index (κ1) is 19.4. The van der Waals surface area contributed by atoms with Crippen LogP contribution in [0.15, 0.2) is 102 Å². The average molecular weight is 471 g/mol. The molecule has 2 N–H and O–H groups in total. The smallest absolute Gasteiger partial charge is 0.255 e. The number of anilines is 2. The van der Waals surface area contributed by atoms with Crippen molar-refractivity contribution in [2.75, 3.05) is 10.6 Å². The highest BCUT2D eigenvalue weighted by Crippen LogP contribution is 2.45. The number of para-hydroxylation sites is 2. The topological polar surface area (TPSA) is 50.4 Å². The zero-order valence-corrected chi connectivity index (χ0v) is 18.1. The molecule has 152 valence electrons. The van der Waals surface area contributed by atoms with Crippen molar-refractivity contribution in [3.63, 3.8) is 0 Å². The number of amides is 1. The molecule has 0 radical (unpaired) electrons. The van der Waals surface area contributed by atoms with Crippen molar-refractivity contribution < 1.29 is 9.53 Å². The van der Waals surface area contributed by atoms with Crippen LogP contribution in [0.3, 0.4) is 0 Å². The summed E-state index contributed by atoms with van der Waals surface area (Å²) >= 11 is 3.40. The predicted octanol–water partition coefficient (Wildman–Crippen LogP) is 6.87. The molecule has 1 heterocycles. The average Bonchev–Trinajstić information content (AvgIpc) is 3.25. The van der Waals surface area contributed by atoms with E-state index in [1.807, 2.05) is 84.9 Å². The van der Waals surface area contributed by atoms with E-state index in [4.69, 9.17) is 4.74 Å². The number of carbonyl (C=O) groups excluding carboxylic acids is 1. The van der Waals surface area contributed by atoms with Gasteiger partial charge in [-0.05, 0) is 36.4 Å². The number of halogens is 1. The standard InChI is InChI=1S/C26H19BrN2O2/c27-19-15-13-17(14-16-19)25(30)28-22-11-5-4-9-20(22)21-10-6-12-23-24(21)29-26(31-23)18-7-2-1-3-8-18/h1-16,26,29H,(H,28,30). The van der Waals surface area contributed by atoms with Gasteiger partial charge in [0.05, 0.1) is 5.69 Å². The maximum atomic E-state index is 12.8. The van der Waals surface area contributed by atoms with Crippen LogP contribution in [0.2, 0.25) is 0 Å². The van der Waals surface area contributed by atoms with E-state index in [-0.39, 0.29) is 12.1 Å². The Morgan fingerprint density at radius 1 is 0.806 bits per heavy atom. The third-order valence-electron chi connectivity index (χ3n) is 5.22. The van der Waals surface area contributed by atoms with Crippen LogP contribution in [-0.2, 0) is 0 Å². The normalized spacial score (nSPS) is 14.3. The molecule has 4 nitrogen and oxygen atoms in total. The second-order valence-corrected chi connectivity index (χ2v) is 8.15. The van der Waals surface area contributed by atoms with E-state index in [2.05, 4.69) is 26.6 Å². The Bertz CT molecular complexity index is 1240. The van der Waals surface area contributed by atoms with Gasteiger partial charge in [0, 0.05) is 32.4 Å². The van der Waals surface area contributed by atoms with Gasteiger partial charge in [0.2, 0.25) is 0 Å². The number of rotatable bonds is 4. The van der Waals surface area contributed by atoms with Gasteiger partial charge in [-0.25, -0.2) is 0 Å². The van der Waals surface area contributed by atoms with E-state index in [0.717, 1.165) is 38.3 Å². The fourth-order valence-electron chi connectivity index (χ4n) is 3.69. The fourth-order valence-corrected chi connectivity index (χ4v) is 3.96. The Kier molecular flexibility index (Phi) is 5.18. The maximum absolute atomic E-state index is 12.8. The summed E-state index contributed by atoms with van der Waals surface area (Å²) in [5.41, 5.74) is 5.22. The summed E-state index contributed by atoms with van der Waals surface area (Å²) < 4.78 is 7.09. The molecule has 31 heavy (non-hydrogen) atoms. The van der Waals surface area contributed by atoms with Crippen molar-refractivity contribution >= 4 is 33.2 Å². The van der Waals surface area contributed by atoms with Crippen LogP contribution in [0.5, 0.6) is 5.75 Å². The molecule has 1 aliphatic rings. The summed E-state index contributed by atoms with van der Waals surface area (Å²) in [5, 5.41) is 6.55. The molecular weight excluding hydrogens is 452 g/mol. The number of benzene rings is 4. The summed E-state index contributed by atoms with van der Waals surface area (Å²) in [7, 11) is 0.